The molecule has 1 aromatic carbocycles. The van der Waals surface area contributed by atoms with Crippen LogP contribution in [0.5, 0.6) is 0 Å². The number of aliphatic hydroxyl groups is 1. The van der Waals surface area contributed by atoms with Crippen molar-refractivity contribution in [3.05, 3.63) is 23.2 Å². The highest BCUT2D eigenvalue weighted by Crippen LogP contribution is 2.29. The monoisotopic (exact) mass is 270 g/mol. The fraction of sp³-hybridized carbons (Fsp3) is 0.538. The van der Waals surface area contributed by atoms with Gasteiger partial charge >= 0.3 is 0 Å². The Labute approximate surface area is 112 Å². The second kappa shape index (κ2) is 6.27. The van der Waals surface area contributed by atoms with Crippen LogP contribution in [0.25, 0.3) is 0 Å². The number of nitrogens with two attached hydrogens (primary N) is 1. The van der Waals surface area contributed by atoms with E-state index in [2.05, 4.69) is 4.90 Å². The van der Waals surface area contributed by atoms with Gasteiger partial charge in [0.25, 0.3) is 0 Å². The molecule has 18 heavy (non-hydrogen) atoms. The first-order chi connectivity index (χ1) is 8.70. The Kier molecular flexibility index (Phi) is 4.69. The quantitative estimate of drug-likeness (QED) is 0.821. The standard InChI is InChI=1S/C13H19ClN2O2/c14-10-1-2-12(15)13(9-10)16-5-3-11(4-6-16)18-8-7-17/h1-2,9,11,17H,3-8,15H2. The Balaban J connectivity index is 1.94. The molecule has 1 fully saturated rings. The molecule has 0 unspecified atom stereocenters. The van der Waals surface area contributed by atoms with Crippen LogP contribution in [0, 0.1) is 0 Å². The zero-order valence-electron chi connectivity index (χ0n) is 10.3. The normalized spacial score (nSPS) is 17.1. The number of nitrogens with zero attached hydrogens (tertiary/aromatic N) is 1. The molecule has 2 rings (SSSR count). The molecule has 1 aliphatic rings. The Hall–Kier alpha value is -0.970. The summed E-state index contributed by atoms with van der Waals surface area (Å²) in [5.74, 6) is 0. The molecule has 3 N–H and O–H groups in total. The average molecular weight is 271 g/mol. The van der Waals surface area contributed by atoms with E-state index in [1.807, 2.05) is 12.1 Å². The molecule has 0 atom stereocenters. The first kappa shape index (κ1) is 13.5. The molecule has 0 spiro atoms. The number of ether oxygens (including phenoxy) is 1. The van der Waals surface area contributed by atoms with Crippen LogP contribution in [-0.4, -0.2) is 37.5 Å². The van der Waals surface area contributed by atoms with Crippen molar-refractivity contribution in [2.75, 3.05) is 36.9 Å². The van der Waals surface area contributed by atoms with Gasteiger partial charge in [0, 0.05) is 18.1 Å². The predicted octanol–water partition coefficient (Wildman–Crippen LogP) is 1.90. The summed E-state index contributed by atoms with van der Waals surface area (Å²) in [5, 5.41) is 9.43. The van der Waals surface area contributed by atoms with Crippen molar-refractivity contribution >= 4 is 23.0 Å². The van der Waals surface area contributed by atoms with Crippen molar-refractivity contribution in [2.45, 2.75) is 18.9 Å². The highest BCUT2D eigenvalue weighted by molar-refractivity contribution is 6.31. The maximum atomic E-state index is 8.73. The zero-order valence-corrected chi connectivity index (χ0v) is 11.1. The van der Waals surface area contributed by atoms with Gasteiger partial charge in [-0.3, -0.25) is 0 Å². The summed E-state index contributed by atoms with van der Waals surface area (Å²) in [5.41, 5.74) is 7.73. The van der Waals surface area contributed by atoms with E-state index in [0.717, 1.165) is 37.3 Å². The maximum absolute atomic E-state index is 8.73. The highest BCUT2D eigenvalue weighted by Gasteiger charge is 2.21. The Morgan fingerprint density at radius 2 is 2.11 bits per heavy atom. The number of benzene rings is 1. The second-order valence-electron chi connectivity index (χ2n) is 4.48. The molecule has 0 amide bonds. The van der Waals surface area contributed by atoms with E-state index in [9.17, 15) is 0 Å². The number of hydrogen-bond acceptors (Lipinski definition) is 4. The minimum atomic E-state index is 0.0848. The number of anilines is 2. The fourth-order valence-electron chi connectivity index (χ4n) is 2.27. The Morgan fingerprint density at radius 3 is 2.78 bits per heavy atom. The van der Waals surface area contributed by atoms with Crippen LogP contribution >= 0.6 is 11.6 Å². The molecule has 0 aliphatic carbocycles. The minimum absolute atomic E-state index is 0.0848. The lowest BCUT2D eigenvalue weighted by molar-refractivity contribution is 0.0159. The third-order valence-corrected chi connectivity index (χ3v) is 3.46. The van der Waals surface area contributed by atoms with E-state index in [1.165, 1.54) is 0 Å². The van der Waals surface area contributed by atoms with E-state index in [0.29, 0.717) is 11.6 Å². The molecule has 0 aromatic heterocycles. The van der Waals surface area contributed by atoms with Crippen LogP contribution in [0.3, 0.4) is 0 Å². The van der Waals surface area contributed by atoms with Gasteiger partial charge in [-0.05, 0) is 31.0 Å². The third kappa shape index (κ3) is 3.28. The zero-order chi connectivity index (χ0) is 13.0. The van der Waals surface area contributed by atoms with Gasteiger partial charge in [0.1, 0.15) is 0 Å². The van der Waals surface area contributed by atoms with Crippen LogP contribution < -0.4 is 10.6 Å². The lowest BCUT2D eigenvalue weighted by atomic mass is 10.1. The lowest BCUT2D eigenvalue weighted by Gasteiger charge is -2.34. The van der Waals surface area contributed by atoms with Gasteiger partial charge in [0.2, 0.25) is 0 Å². The molecule has 1 aromatic rings. The summed E-state index contributed by atoms with van der Waals surface area (Å²) < 4.78 is 5.54. The number of halogens is 1. The number of hydrogen-bond donors (Lipinski definition) is 2. The van der Waals surface area contributed by atoms with Gasteiger partial charge in [-0.1, -0.05) is 11.6 Å². The van der Waals surface area contributed by atoms with Crippen molar-refractivity contribution in [2.24, 2.45) is 0 Å². The van der Waals surface area contributed by atoms with Gasteiger partial charge in [-0.2, -0.15) is 0 Å². The van der Waals surface area contributed by atoms with Crippen LogP contribution in [0.4, 0.5) is 11.4 Å². The highest BCUT2D eigenvalue weighted by atomic mass is 35.5. The summed E-state index contributed by atoms with van der Waals surface area (Å²) in [4.78, 5) is 2.24. The topological polar surface area (TPSA) is 58.7 Å². The van der Waals surface area contributed by atoms with Gasteiger partial charge in [0.05, 0.1) is 30.7 Å². The maximum Gasteiger partial charge on any atom is 0.0701 e. The van der Waals surface area contributed by atoms with Crippen molar-refractivity contribution in [1.29, 1.82) is 0 Å². The number of nitrogen functional groups attached to an aromatic ring is 1. The van der Waals surface area contributed by atoms with Crippen molar-refractivity contribution in [1.82, 2.24) is 0 Å². The first-order valence-corrected chi connectivity index (χ1v) is 6.61. The SMILES string of the molecule is Nc1ccc(Cl)cc1N1CCC(OCCO)CC1. The lowest BCUT2D eigenvalue weighted by Crippen LogP contribution is -2.37. The number of aliphatic hydroxyl groups excluding tert-OH is 1. The van der Waals surface area contributed by atoms with Gasteiger partial charge < -0.3 is 20.5 Å². The molecule has 1 aliphatic heterocycles. The summed E-state index contributed by atoms with van der Waals surface area (Å²) in [6.45, 7) is 2.31. The molecule has 0 saturated carbocycles. The molecule has 1 heterocycles. The summed E-state index contributed by atoms with van der Waals surface area (Å²) >= 11 is 6.00. The largest absolute Gasteiger partial charge is 0.397 e. The summed E-state index contributed by atoms with van der Waals surface area (Å²) in [6, 6.07) is 5.55. The van der Waals surface area contributed by atoms with Gasteiger partial charge in [-0.25, -0.2) is 0 Å². The van der Waals surface area contributed by atoms with E-state index in [-0.39, 0.29) is 12.7 Å². The Morgan fingerprint density at radius 1 is 1.39 bits per heavy atom. The Bertz CT molecular complexity index is 393. The first-order valence-electron chi connectivity index (χ1n) is 6.23. The van der Waals surface area contributed by atoms with E-state index in [1.54, 1.807) is 6.07 Å². The van der Waals surface area contributed by atoms with Gasteiger partial charge in [-0.15, -0.1) is 0 Å². The molecular weight excluding hydrogens is 252 g/mol. The smallest absolute Gasteiger partial charge is 0.0701 e. The van der Waals surface area contributed by atoms with E-state index >= 15 is 0 Å². The molecule has 1 saturated heterocycles. The fourth-order valence-corrected chi connectivity index (χ4v) is 2.44. The van der Waals surface area contributed by atoms with Crippen LogP contribution in [0.15, 0.2) is 18.2 Å². The second-order valence-corrected chi connectivity index (χ2v) is 4.92. The van der Waals surface area contributed by atoms with Crippen LogP contribution in [-0.2, 0) is 4.74 Å². The predicted molar refractivity (Wildman–Crippen MR) is 74.1 cm³/mol. The number of piperidine rings is 1. The third-order valence-electron chi connectivity index (χ3n) is 3.22. The molecule has 0 radical (unpaired) electrons. The number of rotatable bonds is 4. The van der Waals surface area contributed by atoms with Crippen molar-refractivity contribution in [3.63, 3.8) is 0 Å². The minimum Gasteiger partial charge on any atom is -0.397 e. The molecule has 0 bridgehead atoms. The molecule has 4 nitrogen and oxygen atoms in total. The summed E-state index contributed by atoms with van der Waals surface area (Å²) in [6.07, 6.45) is 2.14. The summed E-state index contributed by atoms with van der Waals surface area (Å²) in [7, 11) is 0. The van der Waals surface area contributed by atoms with Crippen molar-refractivity contribution < 1.29 is 9.84 Å². The van der Waals surface area contributed by atoms with Crippen LogP contribution in [0.2, 0.25) is 5.02 Å². The van der Waals surface area contributed by atoms with E-state index < -0.39 is 0 Å². The molecular formula is C13H19ClN2O2. The van der Waals surface area contributed by atoms with Crippen LogP contribution in [0.1, 0.15) is 12.8 Å². The molecule has 100 valence electrons. The van der Waals surface area contributed by atoms with Crippen molar-refractivity contribution in [3.8, 4) is 0 Å². The average Bonchev–Trinajstić information content (AvgIpc) is 2.40. The molecule has 5 heteroatoms. The van der Waals surface area contributed by atoms with E-state index in [4.69, 9.17) is 27.2 Å². The van der Waals surface area contributed by atoms with Gasteiger partial charge in [0.15, 0.2) is 0 Å².